The predicted molar refractivity (Wildman–Crippen MR) is 91.4 cm³/mol. The lowest BCUT2D eigenvalue weighted by molar-refractivity contribution is -0.121. The Labute approximate surface area is 137 Å². The van der Waals surface area contributed by atoms with Gasteiger partial charge in [0.2, 0.25) is 5.91 Å². The number of hydrogen-bond acceptors (Lipinski definition) is 3. The number of aryl methyl sites for hydroxylation is 1. The Hall–Kier alpha value is -2.24. The minimum Gasteiger partial charge on any atom is -0.371 e. The van der Waals surface area contributed by atoms with Crippen molar-refractivity contribution in [2.75, 3.05) is 24.5 Å². The number of piperidine rings is 1. The number of carbonyl (C=O) groups is 2. The van der Waals surface area contributed by atoms with Gasteiger partial charge in [-0.2, -0.15) is 0 Å². The maximum atomic E-state index is 11.8. The summed E-state index contributed by atoms with van der Waals surface area (Å²) < 4.78 is 0. The summed E-state index contributed by atoms with van der Waals surface area (Å²) in [4.78, 5) is 24.7. The largest absolute Gasteiger partial charge is 0.371 e. The maximum absolute atomic E-state index is 11.8. The van der Waals surface area contributed by atoms with Crippen LogP contribution in [0.15, 0.2) is 24.3 Å². The first-order chi connectivity index (χ1) is 11.1. The molecule has 1 saturated heterocycles. The van der Waals surface area contributed by atoms with Gasteiger partial charge >= 0.3 is 6.03 Å². The molecule has 1 heterocycles. The highest BCUT2D eigenvalue weighted by atomic mass is 16.2. The number of nitrogens with two attached hydrogens (primary N) is 1. The number of rotatable bonds is 6. The number of amides is 3. The molecule has 0 bridgehead atoms. The summed E-state index contributed by atoms with van der Waals surface area (Å²) in [5.74, 6) is -0.0369. The van der Waals surface area contributed by atoms with Crippen molar-refractivity contribution >= 4 is 17.6 Å². The third kappa shape index (κ3) is 5.47. The van der Waals surface area contributed by atoms with Crippen LogP contribution in [0.25, 0.3) is 0 Å². The first kappa shape index (κ1) is 17.1. The summed E-state index contributed by atoms with van der Waals surface area (Å²) >= 11 is 0. The van der Waals surface area contributed by atoms with Gasteiger partial charge in [-0.25, -0.2) is 4.79 Å². The second-order valence-electron chi connectivity index (χ2n) is 5.89. The molecule has 0 saturated carbocycles. The molecule has 0 aromatic heterocycles. The minimum atomic E-state index is -0.597. The fourth-order valence-corrected chi connectivity index (χ4v) is 2.85. The number of benzene rings is 1. The zero-order valence-corrected chi connectivity index (χ0v) is 13.7. The molecule has 0 aliphatic carbocycles. The lowest BCUT2D eigenvalue weighted by Gasteiger charge is -2.34. The van der Waals surface area contributed by atoms with Gasteiger partial charge in [-0.15, -0.1) is 0 Å². The lowest BCUT2D eigenvalue weighted by atomic mass is 10.0. The summed E-state index contributed by atoms with van der Waals surface area (Å²) in [5, 5.41) is 5.45. The number of nitrogens with one attached hydrogen (secondary N) is 2. The molecule has 1 aliphatic heterocycles. The van der Waals surface area contributed by atoms with Crippen LogP contribution in [0.3, 0.4) is 0 Å². The number of hydrogen-bond donors (Lipinski definition) is 3. The third-order valence-electron chi connectivity index (χ3n) is 4.20. The Morgan fingerprint density at radius 2 is 2.04 bits per heavy atom. The summed E-state index contributed by atoms with van der Waals surface area (Å²) in [7, 11) is 0. The summed E-state index contributed by atoms with van der Waals surface area (Å²) in [6.45, 7) is 4.33. The van der Waals surface area contributed by atoms with E-state index in [1.165, 1.54) is 11.3 Å². The van der Waals surface area contributed by atoms with Crippen LogP contribution in [-0.2, 0) is 11.2 Å². The molecule has 1 fully saturated rings. The molecule has 6 nitrogen and oxygen atoms in total. The first-order valence-corrected chi connectivity index (χ1v) is 8.25. The SMILES string of the molecule is CCc1cccc(N2CCC(NC(=O)CCNC(N)=O)CC2)c1. The minimum absolute atomic E-state index is 0.0369. The molecule has 1 aliphatic rings. The standard InChI is InChI=1S/C17H26N4O2/c1-2-13-4-3-5-15(12-13)21-10-7-14(8-11-21)20-16(22)6-9-19-17(18)23/h3-5,12,14H,2,6-11H2,1H3,(H,20,22)(H3,18,19,23). The van der Waals surface area contributed by atoms with Crippen molar-refractivity contribution in [1.29, 1.82) is 0 Å². The third-order valence-corrected chi connectivity index (χ3v) is 4.20. The number of urea groups is 1. The number of anilines is 1. The van der Waals surface area contributed by atoms with Crippen molar-refractivity contribution in [2.45, 2.75) is 38.6 Å². The van der Waals surface area contributed by atoms with E-state index in [0.717, 1.165) is 32.4 Å². The molecule has 1 aromatic rings. The molecule has 126 valence electrons. The highest BCUT2D eigenvalue weighted by molar-refractivity contribution is 5.77. The van der Waals surface area contributed by atoms with E-state index in [1.54, 1.807) is 0 Å². The van der Waals surface area contributed by atoms with Crippen LogP contribution in [0.5, 0.6) is 0 Å². The highest BCUT2D eigenvalue weighted by Gasteiger charge is 2.20. The van der Waals surface area contributed by atoms with Gasteiger partial charge in [-0.1, -0.05) is 19.1 Å². The molecular formula is C17H26N4O2. The number of nitrogens with zero attached hydrogens (tertiary/aromatic N) is 1. The molecule has 0 unspecified atom stereocenters. The van der Waals surface area contributed by atoms with Gasteiger partial charge < -0.3 is 21.3 Å². The van der Waals surface area contributed by atoms with Crippen molar-refractivity contribution in [3.8, 4) is 0 Å². The summed E-state index contributed by atoms with van der Waals surface area (Å²) in [6.07, 6.45) is 3.18. The van der Waals surface area contributed by atoms with E-state index < -0.39 is 6.03 Å². The van der Waals surface area contributed by atoms with E-state index in [9.17, 15) is 9.59 Å². The second kappa shape index (κ2) is 8.41. The van der Waals surface area contributed by atoms with E-state index in [2.05, 4.69) is 46.7 Å². The van der Waals surface area contributed by atoms with Crippen LogP contribution in [-0.4, -0.2) is 37.6 Å². The van der Waals surface area contributed by atoms with Crippen molar-refractivity contribution in [3.63, 3.8) is 0 Å². The van der Waals surface area contributed by atoms with Gasteiger partial charge in [0.15, 0.2) is 0 Å². The Balaban J connectivity index is 1.75. The number of primary amides is 1. The van der Waals surface area contributed by atoms with E-state index in [1.807, 2.05) is 0 Å². The van der Waals surface area contributed by atoms with Gasteiger partial charge in [-0.3, -0.25) is 4.79 Å². The molecule has 23 heavy (non-hydrogen) atoms. The van der Waals surface area contributed by atoms with Crippen LogP contribution in [0, 0.1) is 0 Å². The number of carbonyl (C=O) groups excluding carboxylic acids is 2. The Kier molecular flexibility index (Phi) is 6.26. The van der Waals surface area contributed by atoms with E-state index in [-0.39, 0.29) is 24.9 Å². The van der Waals surface area contributed by atoms with Gasteiger partial charge in [0.25, 0.3) is 0 Å². The molecule has 0 radical (unpaired) electrons. The van der Waals surface area contributed by atoms with Crippen LogP contribution in [0.1, 0.15) is 31.7 Å². The molecule has 6 heteroatoms. The zero-order chi connectivity index (χ0) is 16.7. The normalized spacial score (nSPS) is 15.3. The predicted octanol–water partition coefficient (Wildman–Crippen LogP) is 1.39. The average molecular weight is 318 g/mol. The fourth-order valence-electron chi connectivity index (χ4n) is 2.85. The lowest BCUT2D eigenvalue weighted by Crippen LogP contribution is -2.45. The van der Waals surface area contributed by atoms with E-state index in [4.69, 9.17) is 5.73 Å². The highest BCUT2D eigenvalue weighted by Crippen LogP contribution is 2.21. The Bertz CT molecular complexity index is 539. The van der Waals surface area contributed by atoms with E-state index in [0.29, 0.717) is 0 Å². The molecule has 1 aromatic carbocycles. The van der Waals surface area contributed by atoms with Gasteiger partial charge in [-0.05, 0) is 37.0 Å². The smallest absolute Gasteiger partial charge is 0.312 e. The van der Waals surface area contributed by atoms with Crippen molar-refractivity contribution < 1.29 is 9.59 Å². The van der Waals surface area contributed by atoms with Crippen LogP contribution >= 0.6 is 0 Å². The van der Waals surface area contributed by atoms with Crippen molar-refractivity contribution in [2.24, 2.45) is 5.73 Å². The van der Waals surface area contributed by atoms with Crippen molar-refractivity contribution in [1.82, 2.24) is 10.6 Å². The quantitative estimate of drug-likeness (QED) is 0.741. The molecule has 3 amide bonds. The van der Waals surface area contributed by atoms with Gasteiger partial charge in [0.05, 0.1) is 0 Å². The van der Waals surface area contributed by atoms with Crippen LogP contribution < -0.4 is 21.3 Å². The molecule has 0 spiro atoms. The second-order valence-corrected chi connectivity index (χ2v) is 5.89. The molecule has 0 atom stereocenters. The van der Waals surface area contributed by atoms with E-state index >= 15 is 0 Å². The molecular weight excluding hydrogens is 292 g/mol. The average Bonchev–Trinajstić information content (AvgIpc) is 2.55. The Morgan fingerprint density at radius 3 is 2.70 bits per heavy atom. The van der Waals surface area contributed by atoms with Crippen LogP contribution in [0.2, 0.25) is 0 Å². The zero-order valence-electron chi connectivity index (χ0n) is 13.7. The van der Waals surface area contributed by atoms with Crippen LogP contribution in [0.4, 0.5) is 10.5 Å². The van der Waals surface area contributed by atoms with Gasteiger partial charge in [0.1, 0.15) is 0 Å². The summed E-state index contributed by atoms with van der Waals surface area (Å²) in [5.41, 5.74) is 7.58. The van der Waals surface area contributed by atoms with Gasteiger partial charge in [0, 0.05) is 37.8 Å². The monoisotopic (exact) mass is 318 g/mol. The molecule has 2 rings (SSSR count). The fraction of sp³-hybridized carbons (Fsp3) is 0.529. The maximum Gasteiger partial charge on any atom is 0.312 e. The first-order valence-electron chi connectivity index (χ1n) is 8.25. The van der Waals surface area contributed by atoms with Crippen molar-refractivity contribution in [3.05, 3.63) is 29.8 Å². The molecule has 4 N–H and O–H groups in total. The Morgan fingerprint density at radius 1 is 1.30 bits per heavy atom. The summed E-state index contributed by atoms with van der Waals surface area (Å²) in [6, 6.07) is 8.26. The topological polar surface area (TPSA) is 87.5 Å².